The van der Waals surface area contributed by atoms with Gasteiger partial charge in [0.1, 0.15) is 0 Å². The van der Waals surface area contributed by atoms with Crippen molar-refractivity contribution < 1.29 is 23.8 Å². The summed E-state index contributed by atoms with van der Waals surface area (Å²) in [6.07, 6.45) is 3.04. The maximum absolute atomic E-state index is 13.8. The highest BCUT2D eigenvalue weighted by molar-refractivity contribution is 5.75. The fourth-order valence-electron chi connectivity index (χ4n) is 3.41. The van der Waals surface area contributed by atoms with Crippen LogP contribution in [-0.2, 0) is 4.79 Å². The van der Waals surface area contributed by atoms with Crippen molar-refractivity contribution >= 4 is 12.0 Å². The van der Waals surface area contributed by atoms with Crippen LogP contribution in [0, 0.1) is 11.7 Å². The van der Waals surface area contributed by atoms with Crippen LogP contribution in [0.15, 0.2) is 18.2 Å². The van der Waals surface area contributed by atoms with Crippen LogP contribution < -0.4 is 15.4 Å². The van der Waals surface area contributed by atoms with Gasteiger partial charge in [-0.2, -0.15) is 0 Å². The van der Waals surface area contributed by atoms with Gasteiger partial charge in [-0.1, -0.05) is 12.1 Å². The van der Waals surface area contributed by atoms with E-state index in [1.807, 2.05) is 0 Å². The van der Waals surface area contributed by atoms with Gasteiger partial charge in [0.25, 0.3) is 0 Å². The van der Waals surface area contributed by atoms with Gasteiger partial charge in [-0.3, -0.25) is 4.79 Å². The number of carboxylic acids is 1. The van der Waals surface area contributed by atoms with Crippen molar-refractivity contribution in [3.8, 4) is 5.75 Å². The number of ether oxygens (including phenoxy) is 1. The summed E-state index contributed by atoms with van der Waals surface area (Å²) < 4.78 is 19.1. The van der Waals surface area contributed by atoms with Gasteiger partial charge >= 0.3 is 12.0 Å². The van der Waals surface area contributed by atoms with Crippen molar-refractivity contribution in [1.29, 1.82) is 0 Å². The first kappa shape index (κ1) is 16.5. The Morgan fingerprint density at radius 2 is 1.88 bits per heavy atom. The molecule has 0 aromatic heterocycles. The van der Waals surface area contributed by atoms with Crippen LogP contribution in [0.3, 0.4) is 0 Å². The summed E-state index contributed by atoms with van der Waals surface area (Å²) in [5.74, 6) is -1.29. The van der Waals surface area contributed by atoms with E-state index in [0.29, 0.717) is 44.3 Å². The second kappa shape index (κ2) is 7.07. The molecular weight excluding hydrogens is 315 g/mol. The molecule has 6 nitrogen and oxygen atoms in total. The van der Waals surface area contributed by atoms with E-state index in [1.54, 1.807) is 12.1 Å². The van der Waals surface area contributed by atoms with Crippen LogP contribution >= 0.6 is 0 Å². The third kappa shape index (κ3) is 3.60. The fourth-order valence-corrected chi connectivity index (χ4v) is 3.41. The number of fused-ring (bicyclic) bond motifs is 1. The number of carbonyl (C=O) groups excluding carboxylic acids is 1. The normalized spacial score (nSPS) is 26.0. The number of amides is 2. The number of benzene rings is 1. The summed E-state index contributed by atoms with van der Waals surface area (Å²) in [4.78, 5) is 23.2. The third-order valence-electron chi connectivity index (χ3n) is 4.74. The molecule has 0 bridgehead atoms. The number of halogens is 1. The molecular formula is C17H21FN2O4. The number of urea groups is 1. The molecule has 0 unspecified atom stereocenters. The van der Waals surface area contributed by atoms with E-state index < -0.39 is 11.8 Å². The minimum atomic E-state index is -0.765. The Labute approximate surface area is 139 Å². The highest BCUT2D eigenvalue weighted by atomic mass is 19.1. The first-order chi connectivity index (χ1) is 11.5. The summed E-state index contributed by atoms with van der Waals surface area (Å²) in [6.45, 7) is 0.350. The largest absolute Gasteiger partial charge is 0.490 e. The Morgan fingerprint density at radius 1 is 1.12 bits per heavy atom. The predicted octanol–water partition coefficient (Wildman–Crippen LogP) is 2.59. The summed E-state index contributed by atoms with van der Waals surface area (Å²) >= 11 is 0. The average Bonchev–Trinajstić information content (AvgIpc) is 2.56. The Balaban J connectivity index is 1.55. The molecule has 1 aliphatic heterocycles. The number of hydrogen-bond acceptors (Lipinski definition) is 3. The van der Waals surface area contributed by atoms with Gasteiger partial charge in [0.2, 0.25) is 0 Å². The Hall–Kier alpha value is -2.31. The Bertz CT molecular complexity index is 629. The standard InChI is InChI=1S/C17H21FN2O4/c18-13-3-1-2-12-14(8-9-24-15(12)13)20-17(23)19-11-6-4-10(5-7-11)16(21)22/h1-3,10-11,14H,4-9H2,(H,21,22)(H2,19,20,23)/t10?,11?,14-/m0/s1. The van der Waals surface area contributed by atoms with E-state index in [2.05, 4.69) is 10.6 Å². The van der Waals surface area contributed by atoms with Crippen molar-refractivity contribution in [2.45, 2.75) is 44.2 Å². The summed E-state index contributed by atoms with van der Waals surface area (Å²) in [6, 6.07) is 4.06. The highest BCUT2D eigenvalue weighted by Crippen LogP contribution is 2.34. The van der Waals surface area contributed by atoms with Crippen molar-refractivity contribution in [3.05, 3.63) is 29.6 Å². The van der Waals surface area contributed by atoms with E-state index in [-0.39, 0.29) is 29.8 Å². The van der Waals surface area contributed by atoms with Gasteiger partial charge in [-0.15, -0.1) is 0 Å². The lowest BCUT2D eigenvalue weighted by atomic mass is 9.86. The number of para-hydroxylation sites is 1. The second-order valence-corrected chi connectivity index (χ2v) is 6.35. The molecule has 7 heteroatoms. The van der Waals surface area contributed by atoms with Gasteiger partial charge in [0.15, 0.2) is 11.6 Å². The molecule has 1 aliphatic carbocycles. The molecule has 1 aromatic rings. The summed E-state index contributed by atoms with van der Waals surface area (Å²) in [7, 11) is 0. The summed E-state index contributed by atoms with van der Waals surface area (Å²) in [5, 5.41) is 14.8. The van der Waals surface area contributed by atoms with E-state index in [1.165, 1.54) is 6.07 Å². The molecule has 24 heavy (non-hydrogen) atoms. The molecule has 3 N–H and O–H groups in total. The molecule has 1 fully saturated rings. The highest BCUT2D eigenvalue weighted by Gasteiger charge is 2.29. The summed E-state index contributed by atoms with van der Waals surface area (Å²) in [5.41, 5.74) is 0.644. The van der Waals surface area contributed by atoms with E-state index in [0.717, 1.165) is 0 Å². The molecule has 3 rings (SSSR count). The zero-order valence-electron chi connectivity index (χ0n) is 13.3. The Kier molecular flexibility index (Phi) is 4.87. The molecule has 1 atom stereocenters. The van der Waals surface area contributed by atoms with Crippen molar-refractivity contribution in [3.63, 3.8) is 0 Å². The Morgan fingerprint density at radius 3 is 2.58 bits per heavy atom. The number of hydrogen-bond donors (Lipinski definition) is 3. The van der Waals surface area contributed by atoms with E-state index in [9.17, 15) is 14.0 Å². The van der Waals surface area contributed by atoms with Gasteiger partial charge in [0.05, 0.1) is 18.6 Å². The van der Waals surface area contributed by atoms with Crippen LogP contribution in [0.2, 0.25) is 0 Å². The van der Waals surface area contributed by atoms with Crippen LogP contribution in [-0.4, -0.2) is 29.8 Å². The second-order valence-electron chi connectivity index (χ2n) is 6.35. The molecule has 0 saturated heterocycles. The number of carbonyl (C=O) groups is 2. The van der Waals surface area contributed by atoms with Crippen LogP contribution in [0.4, 0.5) is 9.18 Å². The topological polar surface area (TPSA) is 87.7 Å². The monoisotopic (exact) mass is 336 g/mol. The minimum Gasteiger partial charge on any atom is -0.490 e. The SMILES string of the molecule is O=C(NC1CCC(C(=O)O)CC1)N[C@H]1CCOc2c(F)cccc21. The lowest BCUT2D eigenvalue weighted by Crippen LogP contribution is -2.46. The molecule has 1 aromatic carbocycles. The lowest BCUT2D eigenvalue weighted by molar-refractivity contribution is -0.142. The van der Waals surface area contributed by atoms with Gasteiger partial charge < -0.3 is 20.5 Å². The number of nitrogens with one attached hydrogen (secondary N) is 2. The van der Waals surface area contributed by atoms with Crippen LogP contribution in [0.5, 0.6) is 5.75 Å². The molecule has 1 heterocycles. The van der Waals surface area contributed by atoms with Gasteiger partial charge in [-0.25, -0.2) is 9.18 Å². The molecule has 0 radical (unpaired) electrons. The first-order valence-electron chi connectivity index (χ1n) is 8.25. The van der Waals surface area contributed by atoms with Gasteiger partial charge in [-0.05, 0) is 31.7 Å². The zero-order valence-corrected chi connectivity index (χ0v) is 13.3. The molecule has 1 saturated carbocycles. The number of carboxylic acid groups (broad SMARTS) is 1. The van der Waals surface area contributed by atoms with E-state index in [4.69, 9.17) is 9.84 Å². The lowest BCUT2D eigenvalue weighted by Gasteiger charge is -2.30. The molecule has 2 amide bonds. The van der Waals surface area contributed by atoms with Crippen LogP contribution in [0.25, 0.3) is 0 Å². The third-order valence-corrected chi connectivity index (χ3v) is 4.74. The molecule has 2 aliphatic rings. The van der Waals surface area contributed by atoms with Crippen molar-refractivity contribution in [2.75, 3.05) is 6.61 Å². The molecule has 0 spiro atoms. The van der Waals surface area contributed by atoms with E-state index >= 15 is 0 Å². The van der Waals surface area contributed by atoms with Crippen molar-refractivity contribution in [2.24, 2.45) is 5.92 Å². The number of rotatable bonds is 3. The maximum atomic E-state index is 13.8. The maximum Gasteiger partial charge on any atom is 0.315 e. The smallest absolute Gasteiger partial charge is 0.315 e. The number of aliphatic carboxylic acids is 1. The molecule has 130 valence electrons. The van der Waals surface area contributed by atoms with Crippen LogP contribution in [0.1, 0.15) is 43.7 Å². The zero-order chi connectivity index (χ0) is 17.1. The minimum absolute atomic E-state index is 0.0209. The predicted molar refractivity (Wildman–Crippen MR) is 84.3 cm³/mol. The quantitative estimate of drug-likeness (QED) is 0.792. The first-order valence-corrected chi connectivity index (χ1v) is 8.25. The van der Waals surface area contributed by atoms with Crippen molar-refractivity contribution in [1.82, 2.24) is 10.6 Å². The average molecular weight is 336 g/mol. The fraction of sp³-hybridized carbons (Fsp3) is 0.529. The van der Waals surface area contributed by atoms with Gasteiger partial charge in [0, 0.05) is 18.0 Å².